The zero-order valence-electron chi connectivity index (χ0n) is 15.8. The van der Waals surface area contributed by atoms with E-state index in [9.17, 15) is 4.79 Å². The summed E-state index contributed by atoms with van der Waals surface area (Å²) in [5.41, 5.74) is 1.07. The highest BCUT2D eigenvalue weighted by atomic mass is 16.6. The van der Waals surface area contributed by atoms with Crippen molar-refractivity contribution in [3.05, 3.63) is 23.8 Å². The summed E-state index contributed by atoms with van der Waals surface area (Å²) in [5, 5.41) is 1.58. The molecule has 0 bridgehead atoms. The fraction of sp³-hybridized carbons (Fsp3) is 0.450. The van der Waals surface area contributed by atoms with Gasteiger partial charge in [-0.25, -0.2) is 0 Å². The van der Waals surface area contributed by atoms with Crippen molar-refractivity contribution in [1.29, 1.82) is 0 Å². The fourth-order valence-corrected chi connectivity index (χ4v) is 2.53. The van der Waals surface area contributed by atoms with Crippen molar-refractivity contribution in [1.82, 2.24) is 0 Å². The van der Waals surface area contributed by atoms with Crippen LogP contribution in [0.15, 0.2) is 18.2 Å². The smallest absolute Gasteiger partial charge is 0.313 e. The number of aryl methyl sites for hydroxylation is 1. The van der Waals surface area contributed by atoms with Gasteiger partial charge in [0.15, 0.2) is 11.5 Å². The summed E-state index contributed by atoms with van der Waals surface area (Å²) >= 11 is 0. The predicted octanol–water partition coefficient (Wildman–Crippen LogP) is 4.52. The van der Waals surface area contributed by atoms with Crippen molar-refractivity contribution in [2.75, 3.05) is 20.8 Å². The lowest BCUT2D eigenvalue weighted by molar-refractivity contribution is -0.137. The Balaban J connectivity index is 2.80. The lowest BCUT2D eigenvalue weighted by Crippen LogP contribution is -2.16. The van der Waals surface area contributed by atoms with E-state index in [1.54, 1.807) is 21.0 Å². The van der Waals surface area contributed by atoms with Gasteiger partial charge < -0.3 is 18.9 Å². The largest absolute Gasteiger partial charge is 0.490 e. The van der Waals surface area contributed by atoms with E-state index in [0.29, 0.717) is 29.6 Å². The number of carbonyl (C=O) groups is 1. The molecule has 2 rings (SSSR count). The molecule has 2 aromatic carbocycles. The van der Waals surface area contributed by atoms with Crippen molar-refractivity contribution in [2.45, 2.75) is 34.1 Å². The van der Waals surface area contributed by atoms with Crippen molar-refractivity contribution in [3.8, 4) is 23.0 Å². The Morgan fingerprint density at radius 3 is 2.20 bits per heavy atom. The van der Waals surface area contributed by atoms with E-state index < -0.39 is 0 Å². The van der Waals surface area contributed by atoms with E-state index in [0.717, 1.165) is 22.8 Å². The van der Waals surface area contributed by atoms with Gasteiger partial charge >= 0.3 is 5.97 Å². The van der Waals surface area contributed by atoms with Gasteiger partial charge in [-0.05, 0) is 19.4 Å². The Morgan fingerprint density at radius 1 is 1.00 bits per heavy atom. The molecule has 136 valence electrons. The number of fused-ring (bicyclic) bond motifs is 1. The van der Waals surface area contributed by atoms with Gasteiger partial charge in [0.25, 0.3) is 0 Å². The number of methoxy groups -OCH3 is 2. The van der Waals surface area contributed by atoms with Crippen LogP contribution < -0.4 is 18.9 Å². The molecule has 25 heavy (non-hydrogen) atoms. The van der Waals surface area contributed by atoms with Crippen LogP contribution in [0.4, 0.5) is 0 Å². The highest BCUT2D eigenvalue weighted by Gasteiger charge is 2.26. The van der Waals surface area contributed by atoms with E-state index in [1.165, 1.54) is 7.11 Å². The summed E-state index contributed by atoms with van der Waals surface area (Å²) in [6.07, 6.45) is 0.864. The first-order valence-corrected chi connectivity index (χ1v) is 8.47. The Bertz CT molecular complexity index is 765. The maximum atomic E-state index is 12.2. The molecule has 2 aromatic rings. The summed E-state index contributed by atoms with van der Waals surface area (Å²) in [6, 6.07) is 5.87. The SMILES string of the molecule is CCCOc1c(OC)c(OC)c(OC(=O)C(C)C)c2ccc(C)cc12. The third kappa shape index (κ3) is 3.81. The van der Waals surface area contributed by atoms with E-state index >= 15 is 0 Å². The zero-order chi connectivity index (χ0) is 18.6. The minimum absolute atomic E-state index is 0.257. The molecule has 0 aliphatic heterocycles. The summed E-state index contributed by atoms with van der Waals surface area (Å²) in [5.74, 6) is 1.16. The molecule has 5 nitrogen and oxygen atoms in total. The van der Waals surface area contributed by atoms with E-state index in [-0.39, 0.29) is 11.9 Å². The second-order valence-electron chi connectivity index (χ2n) is 6.20. The van der Waals surface area contributed by atoms with Crippen molar-refractivity contribution >= 4 is 16.7 Å². The molecule has 0 atom stereocenters. The van der Waals surface area contributed by atoms with Gasteiger partial charge in [0.05, 0.1) is 26.7 Å². The summed E-state index contributed by atoms with van der Waals surface area (Å²) < 4.78 is 22.7. The quantitative estimate of drug-likeness (QED) is 0.545. The lowest BCUT2D eigenvalue weighted by Gasteiger charge is -2.20. The Hall–Kier alpha value is -2.43. The number of ether oxygens (including phenoxy) is 4. The molecular formula is C20H26O5. The Morgan fingerprint density at radius 2 is 1.64 bits per heavy atom. The number of benzene rings is 2. The first-order valence-electron chi connectivity index (χ1n) is 8.47. The number of carbonyl (C=O) groups excluding carboxylic acids is 1. The fourth-order valence-electron chi connectivity index (χ4n) is 2.53. The maximum absolute atomic E-state index is 12.2. The molecule has 0 saturated heterocycles. The van der Waals surface area contributed by atoms with Crippen LogP contribution in [-0.4, -0.2) is 26.8 Å². The van der Waals surface area contributed by atoms with Gasteiger partial charge in [0.2, 0.25) is 11.5 Å². The maximum Gasteiger partial charge on any atom is 0.313 e. The van der Waals surface area contributed by atoms with Crippen LogP contribution in [0.25, 0.3) is 10.8 Å². The monoisotopic (exact) mass is 346 g/mol. The lowest BCUT2D eigenvalue weighted by atomic mass is 10.0. The van der Waals surface area contributed by atoms with Crippen LogP contribution >= 0.6 is 0 Å². The molecule has 0 aliphatic rings. The van der Waals surface area contributed by atoms with Crippen LogP contribution in [0, 0.1) is 12.8 Å². The number of hydrogen-bond acceptors (Lipinski definition) is 5. The van der Waals surface area contributed by atoms with Crippen molar-refractivity contribution in [3.63, 3.8) is 0 Å². The summed E-state index contributed by atoms with van der Waals surface area (Å²) in [4.78, 5) is 12.2. The third-order valence-corrected chi connectivity index (χ3v) is 3.82. The molecule has 5 heteroatoms. The van der Waals surface area contributed by atoms with Gasteiger partial charge in [-0.3, -0.25) is 4.79 Å². The summed E-state index contributed by atoms with van der Waals surface area (Å²) in [7, 11) is 3.07. The molecule has 0 amide bonds. The molecule has 0 aliphatic carbocycles. The zero-order valence-corrected chi connectivity index (χ0v) is 15.8. The first-order chi connectivity index (χ1) is 11.9. The van der Waals surface area contributed by atoms with E-state index in [2.05, 4.69) is 0 Å². The topological polar surface area (TPSA) is 54.0 Å². The number of hydrogen-bond donors (Lipinski definition) is 0. The van der Waals surface area contributed by atoms with Crippen molar-refractivity contribution < 1.29 is 23.7 Å². The van der Waals surface area contributed by atoms with Crippen LogP contribution in [0.5, 0.6) is 23.0 Å². The average Bonchev–Trinajstić information content (AvgIpc) is 2.59. The molecule has 0 spiro atoms. The standard InChI is InChI=1S/C20H26O5/c1-7-10-24-16-15-11-13(4)8-9-14(15)17(25-20(21)12(2)3)19(23-6)18(16)22-5/h8-9,11-12H,7,10H2,1-6H3. The molecule has 0 fully saturated rings. The predicted molar refractivity (Wildman–Crippen MR) is 98.0 cm³/mol. The first kappa shape index (κ1) is 18.9. The molecule has 0 aromatic heterocycles. The minimum Gasteiger partial charge on any atom is -0.490 e. The minimum atomic E-state index is -0.329. The normalized spacial score (nSPS) is 10.8. The van der Waals surface area contributed by atoms with Gasteiger partial charge in [0.1, 0.15) is 0 Å². The van der Waals surface area contributed by atoms with Crippen LogP contribution in [0.2, 0.25) is 0 Å². The van der Waals surface area contributed by atoms with Crippen LogP contribution in [0.3, 0.4) is 0 Å². The number of rotatable bonds is 7. The molecule has 0 N–H and O–H groups in total. The second kappa shape index (κ2) is 8.10. The summed E-state index contributed by atoms with van der Waals surface area (Å²) in [6.45, 7) is 8.16. The Labute approximate surface area is 148 Å². The van der Waals surface area contributed by atoms with Gasteiger partial charge in [-0.15, -0.1) is 0 Å². The Kier molecular flexibility index (Phi) is 6.12. The van der Waals surface area contributed by atoms with Gasteiger partial charge in [-0.2, -0.15) is 0 Å². The highest BCUT2D eigenvalue weighted by molar-refractivity contribution is 6.00. The van der Waals surface area contributed by atoms with Crippen LogP contribution in [0.1, 0.15) is 32.8 Å². The molecule has 0 heterocycles. The third-order valence-electron chi connectivity index (χ3n) is 3.82. The molecule has 0 unspecified atom stereocenters. The average molecular weight is 346 g/mol. The molecule has 0 saturated carbocycles. The van der Waals surface area contributed by atoms with Crippen LogP contribution in [-0.2, 0) is 4.79 Å². The van der Waals surface area contributed by atoms with Gasteiger partial charge in [0, 0.05) is 10.8 Å². The number of esters is 1. The van der Waals surface area contributed by atoms with E-state index in [1.807, 2.05) is 32.0 Å². The second-order valence-corrected chi connectivity index (χ2v) is 6.20. The van der Waals surface area contributed by atoms with E-state index in [4.69, 9.17) is 18.9 Å². The highest BCUT2D eigenvalue weighted by Crippen LogP contribution is 2.51. The molecular weight excluding hydrogens is 320 g/mol. The van der Waals surface area contributed by atoms with Gasteiger partial charge in [-0.1, -0.05) is 38.5 Å². The van der Waals surface area contributed by atoms with Crippen molar-refractivity contribution in [2.24, 2.45) is 5.92 Å². The molecule has 0 radical (unpaired) electrons.